The van der Waals surface area contributed by atoms with E-state index in [1.807, 2.05) is 12.3 Å². The molecular formula is C11H12N6. The maximum atomic E-state index is 7.31. The first-order chi connectivity index (χ1) is 8.24. The van der Waals surface area contributed by atoms with E-state index in [4.69, 9.17) is 5.41 Å². The van der Waals surface area contributed by atoms with Crippen LogP contribution in [0.2, 0.25) is 0 Å². The zero-order valence-corrected chi connectivity index (χ0v) is 9.33. The van der Waals surface area contributed by atoms with Crippen LogP contribution in [0.4, 0.5) is 0 Å². The molecule has 0 aliphatic heterocycles. The fourth-order valence-corrected chi connectivity index (χ4v) is 1.83. The van der Waals surface area contributed by atoms with Crippen molar-refractivity contribution >= 4 is 27.9 Å². The van der Waals surface area contributed by atoms with E-state index < -0.39 is 0 Å². The van der Waals surface area contributed by atoms with Crippen molar-refractivity contribution in [2.45, 2.75) is 13.5 Å². The zero-order chi connectivity index (χ0) is 11.8. The molecule has 0 fully saturated rings. The summed E-state index contributed by atoms with van der Waals surface area (Å²) in [4.78, 5) is 15.0. The molecule has 6 heteroatoms. The monoisotopic (exact) mass is 228 g/mol. The normalized spacial score (nSPS) is 11.1. The number of nitrogens with zero attached hydrogens (tertiary/aromatic N) is 2. The predicted octanol–water partition coefficient (Wildman–Crippen LogP) is 1.53. The number of rotatable bonds is 2. The molecule has 0 saturated carbocycles. The van der Waals surface area contributed by atoms with Gasteiger partial charge in [0.05, 0.1) is 24.1 Å². The summed E-state index contributed by atoms with van der Waals surface area (Å²) in [6.07, 6.45) is 3.60. The summed E-state index contributed by atoms with van der Waals surface area (Å²) < 4.78 is 0. The van der Waals surface area contributed by atoms with Gasteiger partial charge in [0.15, 0.2) is 0 Å². The van der Waals surface area contributed by atoms with Crippen LogP contribution < -0.4 is 5.32 Å². The Kier molecular flexibility index (Phi) is 2.07. The van der Waals surface area contributed by atoms with Crippen LogP contribution in [0.5, 0.6) is 0 Å². The number of imidazole rings is 1. The van der Waals surface area contributed by atoms with Gasteiger partial charge in [-0.3, -0.25) is 5.41 Å². The lowest BCUT2D eigenvalue weighted by Crippen LogP contribution is -2.18. The van der Waals surface area contributed by atoms with Gasteiger partial charge in [0.1, 0.15) is 17.0 Å². The van der Waals surface area contributed by atoms with Crippen molar-refractivity contribution in [3.05, 3.63) is 24.3 Å². The number of amidine groups is 1. The third-order valence-corrected chi connectivity index (χ3v) is 2.61. The molecule has 0 aliphatic rings. The first-order valence-corrected chi connectivity index (χ1v) is 5.34. The quantitative estimate of drug-likeness (QED) is 0.396. The Balaban J connectivity index is 2.08. The highest BCUT2D eigenvalue weighted by atomic mass is 15.0. The molecule has 0 saturated heterocycles. The Morgan fingerprint density at radius 3 is 3.24 bits per heavy atom. The van der Waals surface area contributed by atoms with Gasteiger partial charge in [0.25, 0.3) is 0 Å². The Hall–Kier alpha value is -2.37. The summed E-state index contributed by atoms with van der Waals surface area (Å²) in [5.41, 5.74) is 2.68. The average molecular weight is 228 g/mol. The standard InChI is InChI=1S/C11H12N6/c1-6(12)14-5-9-16-8-4-15-11-7(2-3-13-11)10(8)17-9/h2-4H,5H2,1H3,(H2,12,14)(H,13,15)(H,16,17). The molecule has 86 valence electrons. The van der Waals surface area contributed by atoms with Crippen molar-refractivity contribution in [3.63, 3.8) is 0 Å². The molecule has 3 aromatic heterocycles. The second kappa shape index (κ2) is 3.58. The van der Waals surface area contributed by atoms with Crippen LogP contribution in [-0.2, 0) is 6.54 Å². The average Bonchev–Trinajstić information content (AvgIpc) is 2.91. The lowest BCUT2D eigenvalue weighted by Gasteiger charge is -1.98. The second-order valence-corrected chi connectivity index (χ2v) is 3.92. The van der Waals surface area contributed by atoms with Gasteiger partial charge in [-0.05, 0) is 13.0 Å². The molecule has 0 spiro atoms. The van der Waals surface area contributed by atoms with Crippen molar-refractivity contribution < 1.29 is 0 Å². The van der Waals surface area contributed by atoms with Gasteiger partial charge in [0.2, 0.25) is 0 Å². The highest BCUT2D eigenvalue weighted by Crippen LogP contribution is 2.20. The summed E-state index contributed by atoms with van der Waals surface area (Å²) in [6.45, 7) is 2.23. The summed E-state index contributed by atoms with van der Waals surface area (Å²) in [7, 11) is 0. The summed E-state index contributed by atoms with van der Waals surface area (Å²) in [5.74, 6) is 1.23. The summed E-state index contributed by atoms with van der Waals surface area (Å²) in [5, 5.41) is 11.3. The number of hydrogen-bond donors (Lipinski definition) is 4. The zero-order valence-electron chi connectivity index (χ0n) is 9.33. The van der Waals surface area contributed by atoms with Crippen LogP contribution in [-0.4, -0.2) is 25.8 Å². The Morgan fingerprint density at radius 1 is 1.53 bits per heavy atom. The van der Waals surface area contributed by atoms with E-state index in [9.17, 15) is 0 Å². The van der Waals surface area contributed by atoms with Crippen molar-refractivity contribution in [1.82, 2.24) is 25.3 Å². The van der Waals surface area contributed by atoms with Crippen molar-refractivity contribution in [3.8, 4) is 0 Å². The highest BCUT2D eigenvalue weighted by molar-refractivity contribution is 6.00. The van der Waals surface area contributed by atoms with E-state index in [-0.39, 0.29) is 0 Å². The maximum absolute atomic E-state index is 7.31. The van der Waals surface area contributed by atoms with Gasteiger partial charge in [-0.1, -0.05) is 0 Å². The third-order valence-electron chi connectivity index (χ3n) is 2.61. The number of aromatic nitrogens is 4. The Labute approximate surface area is 97.0 Å². The molecule has 0 aromatic carbocycles. The lowest BCUT2D eigenvalue weighted by atomic mass is 10.3. The molecule has 6 nitrogen and oxygen atoms in total. The summed E-state index contributed by atoms with van der Waals surface area (Å²) in [6, 6.07) is 1.97. The molecule has 0 radical (unpaired) electrons. The molecule has 3 heterocycles. The van der Waals surface area contributed by atoms with E-state index in [1.165, 1.54) is 0 Å². The van der Waals surface area contributed by atoms with E-state index in [1.54, 1.807) is 13.1 Å². The largest absolute Gasteiger partial charge is 0.367 e. The molecule has 0 atom stereocenters. The minimum absolute atomic E-state index is 0.426. The summed E-state index contributed by atoms with van der Waals surface area (Å²) >= 11 is 0. The van der Waals surface area contributed by atoms with Crippen LogP contribution in [0.25, 0.3) is 22.1 Å². The topological polar surface area (TPSA) is 93.2 Å². The van der Waals surface area contributed by atoms with Crippen molar-refractivity contribution in [2.75, 3.05) is 0 Å². The van der Waals surface area contributed by atoms with Crippen LogP contribution in [0, 0.1) is 5.41 Å². The number of H-pyrrole nitrogens is 2. The lowest BCUT2D eigenvalue weighted by molar-refractivity contribution is 0.843. The van der Waals surface area contributed by atoms with Gasteiger partial charge in [0, 0.05) is 11.6 Å². The number of aromatic amines is 2. The van der Waals surface area contributed by atoms with Gasteiger partial charge in [-0.15, -0.1) is 0 Å². The fourth-order valence-electron chi connectivity index (χ4n) is 1.83. The fraction of sp³-hybridized carbons (Fsp3) is 0.182. The van der Waals surface area contributed by atoms with E-state index in [0.29, 0.717) is 12.4 Å². The van der Waals surface area contributed by atoms with Crippen molar-refractivity contribution in [2.24, 2.45) is 0 Å². The first-order valence-electron chi connectivity index (χ1n) is 5.34. The SMILES string of the molecule is CC(=N)NCc1nc2cnc3[nH]ccc3c2[nH]1. The second-order valence-electron chi connectivity index (χ2n) is 3.92. The maximum Gasteiger partial charge on any atom is 0.139 e. The van der Waals surface area contributed by atoms with Crippen LogP contribution in [0.15, 0.2) is 18.5 Å². The number of nitrogens with one attached hydrogen (secondary N) is 4. The molecule has 0 aliphatic carbocycles. The molecule has 0 bridgehead atoms. The van der Waals surface area contributed by atoms with Crippen molar-refractivity contribution in [1.29, 1.82) is 5.41 Å². The number of hydrogen-bond acceptors (Lipinski definition) is 3. The highest BCUT2D eigenvalue weighted by Gasteiger charge is 2.07. The van der Waals surface area contributed by atoms with Crippen LogP contribution >= 0.6 is 0 Å². The van der Waals surface area contributed by atoms with Gasteiger partial charge in [-0.25, -0.2) is 9.97 Å². The molecule has 0 unspecified atom stereocenters. The minimum atomic E-state index is 0.426. The predicted molar refractivity (Wildman–Crippen MR) is 66.0 cm³/mol. The molecule has 3 aromatic rings. The molecular weight excluding hydrogens is 216 g/mol. The smallest absolute Gasteiger partial charge is 0.139 e. The van der Waals surface area contributed by atoms with Gasteiger partial charge in [-0.2, -0.15) is 0 Å². The van der Waals surface area contributed by atoms with E-state index >= 15 is 0 Å². The number of fused-ring (bicyclic) bond motifs is 3. The van der Waals surface area contributed by atoms with E-state index in [0.717, 1.165) is 27.9 Å². The third kappa shape index (κ3) is 1.63. The Morgan fingerprint density at radius 2 is 2.41 bits per heavy atom. The molecule has 3 rings (SSSR count). The van der Waals surface area contributed by atoms with Crippen LogP contribution in [0.3, 0.4) is 0 Å². The van der Waals surface area contributed by atoms with Crippen LogP contribution in [0.1, 0.15) is 12.7 Å². The molecule has 0 amide bonds. The van der Waals surface area contributed by atoms with Gasteiger partial charge < -0.3 is 15.3 Å². The molecule has 17 heavy (non-hydrogen) atoms. The molecule has 4 N–H and O–H groups in total. The van der Waals surface area contributed by atoms with E-state index in [2.05, 4.69) is 25.3 Å². The minimum Gasteiger partial charge on any atom is -0.367 e. The first kappa shape index (κ1) is 9.83. The number of pyridine rings is 1. The van der Waals surface area contributed by atoms with Gasteiger partial charge >= 0.3 is 0 Å². The Bertz CT molecular complexity index is 692.